The molecule has 3 N–H and O–H groups in total. The lowest BCUT2D eigenvalue weighted by Crippen LogP contribution is -2.01. The molecule has 0 radical (unpaired) electrons. The van der Waals surface area contributed by atoms with Crippen molar-refractivity contribution in [3.05, 3.63) is 47.5 Å². The van der Waals surface area contributed by atoms with Gasteiger partial charge in [-0.05, 0) is 35.4 Å². The molecular formula is C16H14O5. The number of phenolic OH excluding ortho intramolecular Hbond substituents is 3. The first kappa shape index (κ1) is 14.5. The van der Waals surface area contributed by atoms with Crippen molar-refractivity contribution in [1.82, 2.24) is 0 Å². The van der Waals surface area contributed by atoms with Crippen LogP contribution in [0.15, 0.2) is 36.4 Å². The first-order valence-corrected chi connectivity index (χ1v) is 6.17. The molecule has 0 aliphatic rings. The van der Waals surface area contributed by atoms with Gasteiger partial charge in [0.2, 0.25) is 0 Å². The van der Waals surface area contributed by atoms with E-state index in [4.69, 9.17) is 4.74 Å². The Bertz CT molecular complexity index is 704. The fraction of sp³-hybridized carbons (Fsp3) is 0.0625. The van der Waals surface area contributed by atoms with E-state index < -0.39 is 5.97 Å². The third-order valence-electron chi connectivity index (χ3n) is 2.71. The molecule has 108 valence electrons. The quantitative estimate of drug-likeness (QED) is 0.349. The van der Waals surface area contributed by atoms with Gasteiger partial charge in [-0.25, -0.2) is 0 Å². The second kappa shape index (κ2) is 6.00. The highest BCUT2D eigenvalue weighted by molar-refractivity contribution is 5.74. The van der Waals surface area contributed by atoms with E-state index in [1.807, 2.05) is 0 Å². The Morgan fingerprint density at radius 1 is 0.905 bits per heavy atom. The van der Waals surface area contributed by atoms with E-state index in [1.54, 1.807) is 24.3 Å². The largest absolute Gasteiger partial charge is 0.504 e. The van der Waals surface area contributed by atoms with Gasteiger partial charge in [0.15, 0.2) is 23.0 Å². The molecule has 0 saturated heterocycles. The summed E-state index contributed by atoms with van der Waals surface area (Å²) in [5.74, 6) is -0.949. The van der Waals surface area contributed by atoms with Crippen molar-refractivity contribution in [1.29, 1.82) is 0 Å². The highest BCUT2D eigenvalue weighted by Crippen LogP contribution is 2.29. The zero-order valence-corrected chi connectivity index (χ0v) is 11.3. The van der Waals surface area contributed by atoms with Crippen molar-refractivity contribution in [3.8, 4) is 23.0 Å². The maximum atomic E-state index is 10.9. The second-order valence-corrected chi connectivity index (χ2v) is 4.40. The summed E-state index contributed by atoms with van der Waals surface area (Å²) >= 11 is 0. The molecule has 2 aromatic carbocycles. The zero-order chi connectivity index (χ0) is 15.4. The van der Waals surface area contributed by atoms with Crippen LogP contribution in [0.4, 0.5) is 0 Å². The number of rotatable bonds is 3. The number of esters is 1. The number of carbonyl (C=O) groups is 1. The molecule has 21 heavy (non-hydrogen) atoms. The lowest BCUT2D eigenvalue weighted by atomic mass is 10.1. The van der Waals surface area contributed by atoms with Crippen LogP contribution < -0.4 is 4.74 Å². The molecule has 0 aliphatic heterocycles. The molecular weight excluding hydrogens is 272 g/mol. The van der Waals surface area contributed by atoms with E-state index in [9.17, 15) is 20.1 Å². The van der Waals surface area contributed by atoms with E-state index >= 15 is 0 Å². The topological polar surface area (TPSA) is 87.0 Å². The molecule has 0 fully saturated rings. The molecule has 0 atom stereocenters. The van der Waals surface area contributed by atoms with Gasteiger partial charge in [-0.1, -0.05) is 24.3 Å². The second-order valence-electron chi connectivity index (χ2n) is 4.40. The van der Waals surface area contributed by atoms with Gasteiger partial charge in [0.05, 0.1) is 0 Å². The van der Waals surface area contributed by atoms with Crippen LogP contribution in [0, 0.1) is 0 Å². The minimum atomic E-state index is -0.519. The van der Waals surface area contributed by atoms with Crippen LogP contribution in [0.1, 0.15) is 18.1 Å². The van der Waals surface area contributed by atoms with E-state index in [2.05, 4.69) is 0 Å². The van der Waals surface area contributed by atoms with Crippen molar-refractivity contribution in [2.24, 2.45) is 0 Å². The van der Waals surface area contributed by atoms with Gasteiger partial charge >= 0.3 is 5.97 Å². The minimum absolute atomic E-state index is 0.0817. The van der Waals surface area contributed by atoms with Gasteiger partial charge in [0.1, 0.15) is 0 Å². The van der Waals surface area contributed by atoms with Gasteiger partial charge in [0, 0.05) is 6.92 Å². The summed E-state index contributed by atoms with van der Waals surface area (Å²) < 4.78 is 4.88. The molecule has 0 bridgehead atoms. The fourth-order valence-corrected chi connectivity index (χ4v) is 1.71. The molecule has 2 aromatic rings. The average Bonchev–Trinajstić information content (AvgIpc) is 2.43. The van der Waals surface area contributed by atoms with Crippen LogP contribution >= 0.6 is 0 Å². The molecule has 0 aliphatic carbocycles. The van der Waals surface area contributed by atoms with Crippen LogP contribution in [0.5, 0.6) is 23.0 Å². The molecule has 0 aromatic heterocycles. The van der Waals surface area contributed by atoms with Crippen molar-refractivity contribution in [2.75, 3.05) is 0 Å². The Hall–Kier alpha value is -2.95. The lowest BCUT2D eigenvalue weighted by Gasteiger charge is -2.05. The summed E-state index contributed by atoms with van der Waals surface area (Å²) in [6, 6.07) is 9.03. The first-order chi connectivity index (χ1) is 9.95. The Labute approximate surface area is 121 Å². The van der Waals surface area contributed by atoms with Gasteiger partial charge in [0.25, 0.3) is 0 Å². The summed E-state index contributed by atoms with van der Waals surface area (Å²) in [6.45, 7) is 1.25. The summed E-state index contributed by atoms with van der Waals surface area (Å²) in [6.07, 6.45) is 3.43. The summed E-state index contributed by atoms with van der Waals surface area (Å²) in [7, 11) is 0. The van der Waals surface area contributed by atoms with Crippen molar-refractivity contribution < 1.29 is 24.9 Å². The zero-order valence-electron chi connectivity index (χ0n) is 11.3. The number of carbonyl (C=O) groups excluding carboxylic acids is 1. The third kappa shape index (κ3) is 3.76. The van der Waals surface area contributed by atoms with Crippen LogP contribution in [0.2, 0.25) is 0 Å². The van der Waals surface area contributed by atoms with Gasteiger partial charge in [-0.15, -0.1) is 0 Å². The predicted octanol–water partition coefficient (Wildman–Crippen LogP) is 2.90. The molecule has 5 nitrogen and oxygen atoms in total. The van der Waals surface area contributed by atoms with E-state index in [0.717, 1.165) is 0 Å². The fourth-order valence-electron chi connectivity index (χ4n) is 1.71. The van der Waals surface area contributed by atoms with Crippen LogP contribution in [-0.4, -0.2) is 21.3 Å². The average molecular weight is 286 g/mol. The SMILES string of the molecule is CC(=O)Oc1cc(C=Cc2ccc(O)c(O)c2)ccc1O. The summed E-state index contributed by atoms with van der Waals surface area (Å²) in [4.78, 5) is 10.9. The highest BCUT2D eigenvalue weighted by atomic mass is 16.5. The van der Waals surface area contributed by atoms with Gasteiger partial charge in [-0.2, -0.15) is 0 Å². The minimum Gasteiger partial charge on any atom is -0.504 e. The number of phenols is 3. The first-order valence-electron chi connectivity index (χ1n) is 6.17. The molecule has 0 heterocycles. The summed E-state index contributed by atoms with van der Waals surface area (Å²) in [5.41, 5.74) is 1.39. The standard InChI is InChI=1S/C16H14O5/c1-10(17)21-16-9-12(5-7-14(16)19)3-2-11-4-6-13(18)15(20)8-11/h2-9,18-20H,1H3. The molecule has 2 rings (SSSR count). The monoisotopic (exact) mass is 286 g/mol. The number of hydrogen-bond acceptors (Lipinski definition) is 5. The molecule has 0 amide bonds. The maximum Gasteiger partial charge on any atom is 0.308 e. The van der Waals surface area contributed by atoms with E-state index in [-0.39, 0.29) is 23.0 Å². The van der Waals surface area contributed by atoms with Crippen LogP contribution in [0.25, 0.3) is 12.2 Å². The summed E-state index contributed by atoms with van der Waals surface area (Å²) in [5, 5.41) is 28.2. The lowest BCUT2D eigenvalue weighted by molar-refractivity contribution is -0.132. The van der Waals surface area contributed by atoms with Crippen molar-refractivity contribution in [2.45, 2.75) is 6.92 Å². The number of aromatic hydroxyl groups is 3. The number of ether oxygens (including phenoxy) is 1. The Balaban J connectivity index is 2.24. The van der Waals surface area contributed by atoms with E-state index in [1.165, 1.54) is 31.2 Å². The number of hydrogen-bond donors (Lipinski definition) is 3. The normalized spacial score (nSPS) is 10.7. The number of benzene rings is 2. The third-order valence-corrected chi connectivity index (χ3v) is 2.71. The Morgan fingerprint density at radius 2 is 1.48 bits per heavy atom. The molecule has 0 spiro atoms. The van der Waals surface area contributed by atoms with Crippen molar-refractivity contribution in [3.63, 3.8) is 0 Å². The van der Waals surface area contributed by atoms with Gasteiger partial charge < -0.3 is 20.1 Å². The maximum absolute atomic E-state index is 10.9. The van der Waals surface area contributed by atoms with Crippen LogP contribution in [0.3, 0.4) is 0 Å². The molecule has 5 heteroatoms. The highest BCUT2D eigenvalue weighted by Gasteiger charge is 2.05. The van der Waals surface area contributed by atoms with Crippen molar-refractivity contribution >= 4 is 18.1 Å². The van der Waals surface area contributed by atoms with E-state index in [0.29, 0.717) is 11.1 Å². The van der Waals surface area contributed by atoms with Gasteiger partial charge in [-0.3, -0.25) is 4.79 Å². The Kier molecular flexibility index (Phi) is 4.13. The molecule has 0 unspecified atom stereocenters. The predicted molar refractivity (Wildman–Crippen MR) is 78.1 cm³/mol. The smallest absolute Gasteiger partial charge is 0.308 e. The van der Waals surface area contributed by atoms with Crippen LogP contribution in [-0.2, 0) is 4.79 Å². The Morgan fingerprint density at radius 3 is 2.05 bits per heavy atom. The molecule has 0 saturated carbocycles.